The average Bonchev–Trinajstić information content (AvgIpc) is 2.43. The molecule has 0 unspecified atom stereocenters. The van der Waals surface area contributed by atoms with Crippen molar-refractivity contribution in [1.29, 1.82) is 0 Å². The number of hydrogen-bond acceptors (Lipinski definition) is 4. The molecular formula is C13H10Cl2N2O3. The number of rotatable bonds is 4. The Morgan fingerprint density at radius 1 is 1.25 bits per heavy atom. The minimum absolute atomic E-state index is 0.0787. The number of anilines is 1. The standard InChI is InChI=1S/C13H10Cl2N2O3/c1-16-8-5-9(17(18)19)7-10(6-8)20-12-4-2-3-11(14)13(12)15/h2-7,16H,1H3. The molecule has 0 spiro atoms. The molecule has 0 fully saturated rings. The van der Waals surface area contributed by atoms with Crippen LogP contribution in [0.15, 0.2) is 36.4 Å². The first-order chi connectivity index (χ1) is 9.51. The lowest BCUT2D eigenvalue weighted by molar-refractivity contribution is -0.384. The fraction of sp³-hybridized carbons (Fsp3) is 0.0769. The van der Waals surface area contributed by atoms with E-state index in [0.717, 1.165) is 0 Å². The van der Waals surface area contributed by atoms with E-state index in [1.54, 1.807) is 31.3 Å². The summed E-state index contributed by atoms with van der Waals surface area (Å²) in [5.74, 6) is 0.634. The molecule has 20 heavy (non-hydrogen) atoms. The summed E-state index contributed by atoms with van der Waals surface area (Å²) in [6.07, 6.45) is 0. The van der Waals surface area contributed by atoms with Gasteiger partial charge in [-0.25, -0.2) is 0 Å². The number of hydrogen-bond donors (Lipinski definition) is 1. The van der Waals surface area contributed by atoms with Crippen molar-refractivity contribution in [1.82, 2.24) is 0 Å². The quantitative estimate of drug-likeness (QED) is 0.654. The second-order valence-corrected chi connectivity index (χ2v) is 4.66. The number of nitrogens with zero attached hydrogens (tertiary/aromatic N) is 1. The smallest absolute Gasteiger partial charge is 0.275 e. The summed E-state index contributed by atoms with van der Waals surface area (Å²) in [4.78, 5) is 10.4. The topological polar surface area (TPSA) is 64.4 Å². The van der Waals surface area contributed by atoms with Gasteiger partial charge in [0.05, 0.1) is 16.0 Å². The Balaban J connectivity index is 2.40. The first-order valence-corrected chi connectivity index (χ1v) is 6.36. The third-order valence-corrected chi connectivity index (χ3v) is 3.34. The molecule has 7 heteroatoms. The second kappa shape index (κ2) is 5.98. The van der Waals surface area contributed by atoms with Crippen LogP contribution in [0.3, 0.4) is 0 Å². The van der Waals surface area contributed by atoms with E-state index < -0.39 is 4.92 Å². The minimum atomic E-state index is -0.493. The van der Waals surface area contributed by atoms with Crippen LogP contribution < -0.4 is 10.1 Å². The number of benzene rings is 2. The maximum Gasteiger partial charge on any atom is 0.275 e. The molecule has 2 aromatic rings. The van der Waals surface area contributed by atoms with Crippen molar-refractivity contribution in [2.75, 3.05) is 12.4 Å². The van der Waals surface area contributed by atoms with E-state index in [1.807, 2.05) is 0 Å². The molecular weight excluding hydrogens is 303 g/mol. The number of nitro benzene ring substituents is 1. The minimum Gasteiger partial charge on any atom is -0.455 e. The van der Waals surface area contributed by atoms with Gasteiger partial charge in [-0.3, -0.25) is 10.1 Å². The number of ether oxygens (including phenoxy) is 1. The van der Waals surface area contributed by atoms with E-state index in [4.69, 9.17) is 27.9 Å². The molecule has 0 bridgehead atoms. The third kappa shape index (κ3) is 3.12. The van der Waals surface area contributed by atoms with Gasteiger partial charge in [0, 0.05) is 24.9 Å². The van der Waals surface area contributed by atoms with Crippen LogP contribution in [0.5, 0.6) is 11.5 Å². The molecule has 0 radical (unpaired) electrons. The van der Waals surface area contributed by atoms with Gasteiger partial charge in [0.2, 0.25) is 0 Å². The molecule has 0 saturated heterocycles. The predicted octanol–water partition coefficient (Wildman–Crippen LogP) is 4.74. The summed E-state index contributed by atoms with van der Waals surface area (Å²) in [5.41, 5.74) is 0.484. The van der Waals surface area contributed by atoms with E-state index in [0.29, 0.717) is 22.2 Å². The number of non-ortho nitro benzene ring substituents is 1. The second-order valence-electron chi connectivity index (χ2n) is 3.88. The molecule has 2 rings (SSSR count). The molecule has 1 N–H and O–H groups in total. The van der Waals surface area contributed by atoms with Crippen molar-refractivity contribution in [3.63, 3.8) is 0 Å². The van der Waals surface area contributed by atoms with Gasteiger partial charge >= 0.3 is 0 Å². The third-order valence-electron chi connectivity index (χ3n) is 2.53. The number of nitrogens with one attached hydrogen (secondary N) is 1. The molecule has 0 aliphatic heterocycles. The first kappa shape index (κ1) is 14.4. The van der Waals surface area contributed by atoms with Crippen LogP contribution in [0, 0.1) is 10.1 Å². The zero-order valence-electron chi connectivity index (χ0n) is 10.4. The molecule has 2 aromatic carbocycles. The normalized spacial score (nSPS) is 10.2. The molecule has 0 amide bonds. The van der Waals surface area contributed by atoms with Gasteiger partial charge in [-0.15, -0.1) is 0 Å². The Bertz CT molecular complexity index is 662. The Hall–Kier alpha value is -1.98. The summed E-state index contributed by atoms with van der Waals surface area (Å²) in [7, 11) is 1.66. The van der Waals surface area contributed by atoms with Gasteiger partial charge in [0.25, 0.3) is 5.69 Å². The van der Waals surface area contributed by atoms with E-state index >= 15 is 0 Å². The lowest BCUT2D eigenvalue weighted by Crippen LogP contribution is -1.94. The van der Waals surface area contributed by atoms with E-state index in [1.165, 1.54) is 12.1 Å². The lowest BCUT2D eigenvalue weighted by atomic mass is 10.2. The van der Waals surface area contributed by atoms with Gasteiger partial charge in [-0.2, -0.15) is 0 Å². The Morgan fingerprint density at radius 2 is 2.00 bits per heavy atom. The van der Waals surface area contributed by atoms with Crippen molar-refractivity contribution in [3.05, 3.63) is 56.6 Å². The van der Waals surface area contributed by atoms with Crippen molar-refractivity contribution in [2.24, 2.45) is 0 Å². The van der Waals surface area contributed by atoms with Crippen molar-refractivity contribution in [3.8, 4) is 11.5 Å². The summed E-state index contributed by atoms with van der Waals surface area (Å²) in [5, 5.41) is 14.3. The van der Waals surface area contributed by atoms with Crippen LogP contribution in [0.1, 0.15) is 0 Å². The average molecular weight is 313 g/mol. The van der Waals surface area contributed by atoms with Crippen molar-refractivity contribution >= 4 is 34.6 Å². The Morgan fingerprint density at radius 3 is 2.65 bits per heavy atom. The number of halogens is 2. The highest BCUT2D eigenvalue weighted by atomic mass is 35.5. The highest BCUT2D eigenvalue weighted by Crippen LogP contribution is 2.36. The fourth-order valence-corrected chi connectivity index (χ4v) is 1.91. The van der Waals surface area contributed by atoms with Crippen LogP contribution in [0.25, 0.3) is 0 Å². The summed E-state index contributed by atoms with van der Waals surface area (Å²) >= 11 is 11.9. The van der Waals surface area contributed by atoms with Crippen LogP contribution in [-0.2, 0) is 0 Å². The highest BCUT2D eigenvalue weighted by Gasteiger charge is 2.12. The summed E-state index contributed by atoms with van der Waals surface area (Å²) in [6, 6.07) is 9.30. The predicted molar refractivity (Wildman–Crippen MR) is 79.2 cm³/mol. The Labute approximate surface area is 125 Å². The largest absolute Gasteiger partial charge is 0.455 e. The van der Waals surface area contributed by atoms with Gasteiger partial charge < -0.3 is 10.1 Å². The molecule has 104 valence electrons. The first-order valence-electron chi connectivity index (χ1n) is 5.60. The van der Waals surface area contributed by atoms with Crippen molar-refractivity contribution < 1.29 is 9.66 Å². The molecule has 0 aliphatic carbocycles. The number of nitro groups is 1. The fourth-order valence-electron chi connectivity index (χ4n) is 1.58. The summed E-state index contributed by atoms with van der Waals surface area (Å²) in [6.45, 7) is 0. The zero-order chi connectivity index (χ0) is 14.7. The molecule has 0 aromatic heterocycles. The van der Waals surface area contributed by atoms with Crippen LogP contribution in [-0.4, -0.2) is 12.0 Å². The van der Waals surface area contributed by atoms with Crippen molar-refractivity contribution in [2.45, 2.75) is 0 Å². The van der Waals surface area contributed by atoms with Gasteiger partial charge in [-0.05, 0) is 12.1 Å². The van der Waals surface area contributed by atoms with E-state index in [-0.39, 0.29) is 10.7 Å². The molecule has 5 nitrogen and oxygen atoms in total. The summed E-state index contributed by atoms with van der Waals surface area (Å²) < 4.78 is 5.56. The monoisotopic (exact) mass is 312 g/mol. The van der Waals surface area contributed by atoms with Gasteiger partial charge in [0.15, 0.2) is 0 Å². The van der Waals surface area contributed by atoms with Crippen LogP contribution in [0.4, 0.5) is 11.4 Å². The van der Waals surface area contributed by atoms with E-state index in [9.17, 15) is 10.1 Å². The van der Waals surface area contributed by atoms with Crippen LogP contribution >= 0.6 is 23.2 Å². The van der Waals surface area contributed by atoms with E-state index in [2.05, 4.69) is 5.32 Å². The molecule has 0 atom stereocenters. The molecule has 0 saturated carbocycles. The van der Waals surface area contributed by atoms with Gasteiger partial charge in [-0.1, -0.05) is 29.3 Å². The zero-order valence-corrected chi connectivity index (χ0v) is 11.9. The highest BCUT2D eigenvalue weighted by molar-refractivity contribution is 6.42. The maximum atomic E-state index is 10.9. The van der Waals surface area contributed by atoms with Crippen LogP contribution in [0.2, 0.25) is 10.0 Å². The SMILES string of the molecule is CNc1cc(Oc2cccc(Cl)c2Cl)cc([N+](=O)[O-])c1. The molecule has 0 aliphatic rings. The Kier molecular flexibility index (Phi) is 4.32. The lowest BCUT2D eigenvalue weighted by Gasteiger charge is -2.10. The molecule has 0 heterocycles. The maximum absolute atomic E-state index is 10.9. The van der Waals surface area contributed by atoms with Gasteiger partial charge in [0.1, 0.15) is 16.5 Å².